The Morgan fingerprint density at radius 1 is 1.19 bits per heavy atom. The van der Waals surface area contributed by atoms with Crippen molar-refractivity contribution in [2.24, 2.45) is 0 Å². The molecule has 1 amide bonds. The van der Waals surface area contributed by atoms with Crippen LogP contribution in [0.4, 0.5) is 11.5 Å². The lowest BCUT2D eigenvalue weighted by atomic mass is 10.1. The molecule has 1 saturated heterocycles. The van der Waals surface area contributed by atoms with Gasteiger partial charge in [0.2, 0.25) is 0 Å². The van der Waals surface area contributed by atoms with Crippen LogP contribution in [-0.2, 0) is 0 Å². The minimum atomic E-state index is -0.0296. The summed E-state index contributed by atoms with van der Waals surface area (Å²) in [5.41, 5.74) is 3.13. The van der Waals surface area contributed by atoms with E-state index in [-0.39, 0.29) is 5.91 Å². The minimum Gasteiger partial charge on any atom is -0.464 e. The largest absolute Gasteiger partial charge is 0.464 e. The molecule has 6 heteroatoms. The van der Waals surface area contributed by atoms with Gasteiger partial charge in [-0.1, -0.05) is 15.9 Å². The van der Waals surface area contributed by atoms with Crippen LogP contribution in [0.25, 0.3) is 11.0 Å². The monoisotopic (exact) mass is 413 g/mol. The molecule has 134 valence electrons. The van der Waals surface area contributed by atoms with Crippen LogP contribution in [-0.4, -0.2) is 28.9 Å². The second kappa shape index (κ2) is 7.11. The third-order valence-electron chi connectivity index (χ3n) is 4.73. The summed E-state index contributed by atoms with van der Waals surface area (Å²) in [6, 6.07) is 9.61. The van der Waals surface area contributed by atoms with E-state index < -0.39 is 0 Å². The number of furan rings is 1. The Hall–Kier alpha value is -2.34. The predicted molar refractivity (Wildman–Crippen MR) is 106 cm³/mol. The van der Waals surface area contributed by atoms with E-state index in [2.05, 4.69) is 26.2 Å². The molecule has 0 bridgehead atoms. The van der Waals surface area contributed by atoms with Crippen LogP contribution >= 0.6 is 15.9 Å². The first-order chi connectivity index (χ1) is 12.6. The van der Waals surface area contributed by atoms with Gasteiger partial charge in [-0.3, -0.25) is 4.79 Å². The average Bonchev–Trinajstić information content (AvgIpc) is 3.14. The molecule has 4 rings (SSSR count). The fourth-order valence-corrected chi connectivity index (χ4v) is 3.54. The number of piperidine rings is 1. The molecule has 0 spiro atoms. The number of hydrogen-bond acceptors (Lipinski definition) is 4. The standard InChI is InChI=1S/C20H20BrN3O2/c1-13-11-14(5-6-16(13)21)22-19-15-7-10-26-18(15)12-17(23-19)20(25)24-8-3-2-4-9-24/h5-7,10-12H,2-4,8-9H2,1H3,(H,22,23). The highest BCUT2D eigenvalue weighted by molar-refractivity contribution is 9.10. The van der Waals surface area contributed by atoms with Crippen LogP contribution in [0.5, 0.6) is 0 Å². The summed E-state index contributed by atoms with van der Waals surface area (Å²) in [6.45, 7) is 3.63. The molecule has 26 heavy (non-hydrogen) atoms. The molecule has 2 aromatic heterocycles. The normalized spacial score (nSPS) is 14.6. The summed E-state index contributed by atoms with van der Waals surface area (Å²) in [5, 5.41) is 4.20. The summed E-state index contributed by atoms with van der Waals surface area (Å²) < 4.78 is 6.61. The Bertz CT molecular complexity index is 961. The van der Waals surface area contributed by atoms with Gasteiger partial charge in [-0.2, -0.15) is 0 Å². The molecule has 0 saturated carbocycles. The first kappa shape index (κ1) is 17.1. The molecule has 1 aromatic carbocycles. The zero-order valence-electron chi connectivity index (χ0n) is 14.6. The molecule has 1 N–H and O–H groups in total. The highest BCUT2D eigenvalue weighted by Gasteiger charge is 2.21. The van der Waals surface area contributed by atoms with Gasteiger partial charge < -0.3 is 14.6 Å². The minimum absolute atomic E-state index is 0.0296. The number of aryl methyl sites for hydroxylation is 1. The quantitative estimate of drug-likeness (QED) is 0.635. The van der Waals surface area contributed by atoms with E-state index in [1.165, 1.54) is 6.42 Å². The maximum Gasteiger partial charge on any atom is 0.272 e. The highest BCUT2D eigenvalue weighted by atomic mass is 79.9. The lowest BCUT2D eigenvalue weighted by Gasteiger charge is -2.26. The molecule has 1 aliphatic rings. The molecule has 3 heterocycles. The summed E-state index contributed by atoms with van der Waals surface area (Å²) >= 11 is 3.51. The van der Waals surface area contributed by atoms with Gasteiger partial charge in [0.1, 0.15) is 17.1 Å². The Morgan fingerprint density at radius 2 is 2.00 bits per heavy atom. The molecule has 0 unspecified atom stereocenters. The van der Waals surface area contributed by atoms with Crippen molar-refractivity contribution in [1.29, 1.82) is 0 Å². The van der Waals surface area contributed by atoms with Crippen molar-refractivity contribution in [3.63, 3.8) is 0 Å². The van der Waals surface area contributed by atoms with Crippen LogP contribution in [0.15, 0.2) is 45.5 Å². The second-order valence-corrected chi connectivity index (χ2v) is 7.48. The van der Waals surface area contributed by atoms with Gasteiger partial charge in [0.15, 0.2) is 0 Å². The van der Waals surface area contributed by atoms with Gasteiger partial charge in [0.05, 0.1) is 11.6 Å². The number of anilines is 2. The third-order valence-corrected chi connectivity index (χ3v) is 5.62. The van der Waals surface area contributed by atoms with Crippen molar-refractivity contribution in [2.45, 2.75) is 26.2 Å². The number of carbonyl (C=O) groups is 1. The van der Waals surface area contributed by atoms with Crippen molar-refractivity contribution in [1.82, 2.24) is 9.88 Å². The molecular weight excluding hydrogens is 394 g/mol. The summed E-state index contributed by atoms with van der Waals surface area (Å²) in [7, 11) is 0. The number of carbonyl (C=O) groups excluding carboxylic acids is 1. The number of fused-ring (bicyclic) bond motifs is 1. The van der Waals surface area contributed by atoms with Crippen LogP contribution in [0.1, 0.15) is 35.3 Å². The molecule has 1 fully saturated rings. The van der Waals surface area contributed by atoms with Crippen LogP contribution in [0.3, 0.4) is 0 Å². The van der Waals surface area contributed by atoms with E-state index in [0.29, 0.717) is 17.1 Å². The smallest absolute Gasteiger partial charge is 0.272 e. The Kier molecular flexibility index (Phi) is 4.68. The van der Waals surface area contributed by atoms with Crippen molar-refractivity contribution >= 4 is 44.3 Å². The summed E-state index contributed by atoms with van der Waals surface area (Å²) in [6.07, 6.45) is 4.92. The van der Waals surface area contributed by atoms with Gasteiger partial charge >= 0.3 is 0 Å². The topological polar surface area (TPSA) is 58.4 Å². The fourth-order valence-electron chi connectivity index (χ4n) is 3.29. The third kappa shape index (κ3) is 3.33. The van der Waals surface area contributed by atoms with E-state index in [1.54, 1.807) is 12.3 Å². The zero-order valence-corrected chi connectivity index (χ0v) is 16.2. The van der Waals surface area contributed by atoms with Crippen molar-refractivity contribution in [3.05, 3.63) is 52.3 Å². The maximum absolute atomic E-state index is 12.9. The Morgan fingerprint density at radius 3 is 2.77 bits per heavy atom. The number of halogens is 1. The number of amides is 1. The Labute approximate surface area is 160 Å². The highest BCUT2D eigenvalue weighted by Crippen LogP contribution is 2.29. The number of likely N-dealkylation sites (tertiary alicyclic amines) is 1. The molecule has 0 atom stereocenters. The number of pyridine rings is 1. The van der Waals surface area contributed by atoms with Gasteiger partial charge in [-0.15, -0.1) is 0 Å². The summed E-state index contributed by atoms with van der Waals surface area (Å²) in [4.78, 5) is 19.4. The SMILES string of the molecule is Cc1cc(Nc2nc(C(=O)N3CCCCC3)cc3occc23)ccc1Br. The zero-order chi connectivity index (χ0) is 18.1. The molecule has 0 aliphatic carbocycles. The van der Waals surface area contributed by atoms with E-state index in [9.17, 15) is 4.79 Å². The van der Waals surface area contributed by atoms with E-state index >= 15 is 0 Å². The van der Waals surface area contributed by atoms with Gasteiger partial charge in [0, 0.05) is 29.3 Å². The van der Waals surface area contributed by atoms with Crippen molar-refractivity contribution < 1.29 is 9.21 Å². The van der Waals surface area contributed by atoms with Crippen LogP contribution < -0.4 is 5.32 Å². The lowest BCUT2D eigenvalue weighted by molar-refractivity contribution is 0.0718. The number of hydrogen-bond donors (Lipinski definition) is 1. The van der Waals surface area contributed by atoms with E-state index in [4.69, 9.17) is 4.42 Å². The van der Waals surface area contributed by atoms with Gasteiger partial charge in [0.25, 0.3) is 5.91 Å². The fraction of sp³-hybridized carbons (Fsp3) is 0.300. The lowest BCUT2D eigenvalue weighted by Crippen LogP contribution is -2.36. The van der Waals surface area contributed by atoms with Crippen LogP contribution in [0, 0.1) is 6.92 Å². The van der Waals surface area contributed by atoms with Crippen molar-refractivity contribution in [2.75, 3.05) is 18.4 Å². The Balaban J connectivity index is 1.70. The number of nitrogens with one attached hydrogen (secondary N) is 1. The molecule has 3 aromatic rings. The second-order valence-electron chi connectivity index (χ2n) is 6.63. The number of aromatic nitrogens is 1. The van der Waals surface area contributed by atoms with Gasteiger partial charge in [-0.05, 0) is 56.0 Å². The first-order valence-electron chi connectivity index (χ1n) is 8.82. The van der Waals surface area contributed by atoms with Crippen molar-refractivity contribution in [3.8, 4) is 0 Å². The molecule has 0 radical (unpaired) electrons. The predicted octanol–water partition coefficient (Wildman–Crippen LogP) is 5.27. The van der Waals surface area contributed by atoms with Gasteiger partial charge in [-0.25, -0.2) is 4.98 Å². The number of rotatable bonds is 3. The summed E-state index contributed by atoms with van der Waals surface area (Å²) in [5.74, 6) is 0.608. The number of nitrogens with zero attached hydrogens (tertiary/aromatic N) is 2. The van der Waals surface area contributed by atoms with E-state index in [0.717, 1.165) is 47.0 Å². The average molecular weight is 414 g/mol. The molecule has 1 aliphatic heterocycles. The number of benzene rings is 1. The first-order valence-corrected chi connectivity index (χ1v) is 9.62. The van der Waals surface area contributed by atoms with E-state index in [1.807, 2.05) is 36.1 Å². The van der Waals surface area contributed by atoms with Crippen LogP contribution in [0.2, 0.25) is 0 Å². The molecular formula is C20H20BrN3O2. The maximum atomic E-state index is 12.9. The molecule has 5 nitrogen and oxygen atoms in total.